The molecule has 1 saturated carbocycles. The Hall–Kier alpha value is -2.12. The molecule has 1 aromatic carbocycles. The molecular formula is C17H22N2O5. The van der Waals surface area contributed by atoms with Crippen LogP contribution in [0.4, 0.5) is 4.79 Å². The fraction of sp³-hybridized carbons (Fsp3) is 0.529. The molecule has 1 aliphatic heterocycles. The zero-order chi connectivity index (χ0) is 17.0. The Morgan fingerprint density at radius 3 is 2.33 bits per heavy atom. The zero-order valence-electron chi connectivity index (χ0n) is 13.4. The minimum Gasteiger partial charge on any atom is -0.478 e. The second-order valence-electron chi connectivity index (χ2n) is 6.21. The highest BCUT2D eigenvalue weighted by atomic mass is 16.7. The lowest BCUT2D eigenvalue weighted by atomic mass is 9.90. The van der Waals surface area contributed by atoms with Crippen molar-refractivity contribution in [3.05, 3.63) is 35.4 Å². The molecule has 3 N–H and O–H groups in total. The molecule has 7 heteroatoms. The van der Waals surface area contributed by atoms with Crippen molar-refractivity contribution in [2.24, 2.45) is 0 Å². The number of benzene rings is 1. The smallest absolute Gasteiger partial charge is 0.335 e. The molecule has 2 amide bonds. The van der Waals surface area contributed by atoms with Gasteiger partial charge in [0.25, 0.3) is 0 Å². The van der Waals surface area contributed by atoms with E-state index in [-0.39, 0.29) is 17.6 Å². The fourth-order valence-corrected chi connectivity index (χ4v) is 3.17. The van der Waals surface area contributed by atoms with Gasteiger partial charge < -0.3 is 25.2 Å². The molecule has 3 rings (SSSR count). The summed E-state index contributed by atoms with van der Waals surface area (Å²) in [5.74, 6) is -1.38. The quantitative estimate of drug-likeness (QED) is 0.781. The summed E-state index contributed by atoms with van der Waals surface area (Å²) >= 11 is 0. The van der Waals surface area contributed by atoms with Crippen LogP contribution in [0.15, 0.2) is 24.3 Å². The third-order valence-electron chi connectivity index (χ3n) is 4.55. The fourth-order valence-electron chi connectivity index (χ4n) is 3.17. The van der Waals surface area contributed by atoms with E-state index in [9.17, 15) is 9.59 Å². The largest absolute Gasteiger partial charge is 0.478 e. The van der Waals surface area contributed by atoms with Gasteiger partial charge in [0.05, 0.1) is 18.8 Å². The van der Waals surface area contributed by atoms with Crippen LogP contribution in [0.2, 0.25) is 0 Å². The zero-order valence-corrected chi connectivity index (χ0v) is 13.4. The van der Waals surface area contributed by atoms with Crippen LogP contribution >= 0.6 is 0 Å². The Kier molecular flexibility index (Phi) is 5.01. The van der Waals surface area contributed by atoms with Crippen LogP contribution in [-0.4, -0.2) is 42.1 Å². The van der Waals surface area contributed by atoms with Crippen molar-refractivity contribution in [3.63, 3.8) is 0 Å². The van der Waals surface area contributed by atoms with Gasteiger partial charge in [0, 0.05) is 25.4 Å². The highest BCUT2D eigenvalue weighted by molar-refractivity contribution is 5.87. The van der Waals surface area contributed by atoms with Gasteiger partial charge in [-0.15, -0.1) is 0 Å². The Labute approximate surface area is 140 Å². The van der Waals surface area contributed by atoms with Crippen LogP contribution in [0.5, 0.6) is 0 Å². The summed E-state index contributed by atoms with van der Waals surface area (Å²) in [6.07, 6.45) is 3.27. The third kappa shape index (κ3) is 4.04. The van der Waals surface area contributed by atoms with Crippen LogP contribution in [0, 0.1) is 0 Å². The van der Waals surface area contributed by atoms with E-state index in [0.717, 1.165) is 31.2 Å². The summed E-state index contributed by atoms with van der Waals surface area (Å²) in [6.45, 7) is 1.66. The van der Waals surface area contributed by atoms with E-state index in [2.05, 4.69) is 10.6 Å². The molecule has 130 valence electrons. The molecule has 24 heavy (non-hydrogen) atoms. The number of amides is 2. The van der Waals surface area contributed by atoms with Crippen LogP contribution in [0.3, 0.4) is 0 Å². The maximum absolute atomic E-state index is 12.0. The standard InChI is InChI=1S/C17H22N2O5/c20-15(21)13-3-1-12(2-4-13)11-18-16(22)19-14-5-7-17(8-6-14)23-9-10-24-17/h1-4,14H,5-11H2,(H,20,21)(H2,18,19,22). The van der Waals surface area contributed by atoms with E-state index in [1.165, 1.54) is 12.1 Å². The first-order valence-corrected chi connectivity index (χ1v) is 8.21. The van der Waals surface area contributed by atoms with E-state index in [0.29, 0.717) is 19.8 Å². The van der Waals surface area contributed by atoms with Crippen LogP contribution in [-0.2, 0) is 16.0 Å². The van der Waals surface area contributed by atoms with Crippen molar-refractivity contribution in [2.45, 2.75) is 44.1 Å². The number of carboxylic acid groups (broad SMARTS) is 1. The van der Waals surface area contributed by atoms with E-state index < -0.39 is 11.8 Å². The Balaban J connectivity index is 1.40. The maximum atomic E-state index is 12.0. The number of urea groups is 1. The molecule has 1 aliphatic carbocycles. The summed E-state index contributed by atoms with van der Waals surface area (Å²) in [4.78, 5) is 22.8. The van der Waals surface area contributed by atoms with Gasteiger partial charge in [-0.25, -0.2) is 9.59 Å². The SMILES string of the molecule is O=C(NCc1ccc(C(=O)O)cc1)NC1CCC2(CC1)OCCO2. The molecule has 1 saturated heterocycles. The minimum absolute atomic E-state index is 0.123. The van der Waals surface area contributed by atoms with Crippen LogP contribution < -0.4 is 10.6 Å². The van der Waals surface area contributed by atoms with E-state index in [4.69, 9.17) is 14.6 Å². The number of nitrogens with one attached hydrogen (secondary N) is 2. The van der Waals surface area contributed by atoms with E-state index >= 15 is 0 Å². The molecule has 1 spiro atoms. The van der Waals surface area contributed by atoms with E-state index in [1.54, 1.807) is 12.1 Å². The number of carbonyl (C=O) groups is 2. The predicted octanol–water partition coefficient (Wildman–Crippen LogP) is 1.87. The highest BCUT2D eigenvalue weighted by Crippen LogP contribution is 2.35. The number of hydrogen-bond acceptors (Lipinski definition) is 4. The second kappa shape index (κ2) is 7.19. The first kappa shape index (κ1) is 16.7. The number of rotatable bonds is 4. The number of carboxylic acids is 1. The first-order valence-electron chi connectivity index (χ1n) is 8.21. The Bertz CT molecular complexity index is 586. The number of hydrogen-bond donors (Lipinski definition) is 3. The van der Waals surface area contributed by atoms with E-state index in [1.807, 2.05) is 0 Å². The molecule has 2 aliphatic rings. The lowest BCUT2D eigenvalue weighted by molar-refractivity contribution is -0.179. The van der Waals surface area contributed by atoms with Gasteiger partial charge in [0.2, 0.25) is 0 Å². The van der Waals surface area contributed by atoms with Gasteiger partial charge >= 0.3 is 12.0 Å². The minimum atomic E-state index is -0.961. The van der Waals surface area contributed by atoms with Crippen LogP contribution in [0.1, 0.15) is 41.6 Å². The summed E-state index contributed by atoms with van der Waals surface area (Å²) in [5, 5.41) is 14.6. The lowest BCUT2D eigenvalue weighted by Gasteiger charge is -2.35. The van der Waals surface area contributed by atoms with Gasteiger partial charge in [-0.1, -0.05) is 12.1 Å². The van der Waals surface area contributed by atoms with Crippen molar-refractivity contribution >= 4 is 12.0 Å². The Morgan fingerprint density at radius 2 is 1.75 bits per heavy atom. The van der Waals surface area contributed by atoms with Gasteiger partial charge in [0.15, 0.2) is 5.79 Å². The number of carbonyl (C=O) groups excluding carboxylic acids is 1. The summed E-state index contributed by atoms with van der Waals surface area (Å²) in [6, 6.07) is 6.36. The predicted molar refractivity (Wildman–Crippen MR) is 85.7 cm³/mol. The third-order valence-corrected chi connectivity index (χ3v) is 4.55. The number of ether oxygens (including phenoxy) is 2. The molecule has 7 nitrogen and oxygen atoms in total. The Morgan fingerprint density at radius 1 is 1.12 bits per heavy atom. The molecule has 0 unspecified atom stereocenters. The summed E-state index contributed by atoms with van der Waals surface area (Å²) in [7, 11) is 0. The van der Waals surface area contributed by atoms with Crippen molar-refractivity contribution in [3.8, 4) is 0 Å². The molecule has 1 heterocycles. The first-order chi connectivity index (χ1) is 11.6. The van der Waals surface area contributed by atoms with Crippen LogP contribution in [0.25, 0.3) is 0 Å². The molecule has 0 atom stereocenters. The molecular weight excluding hydrogens is 312 g/mol. The molecule has 2 fully saturated rings. The van der Waals surface area contributed by atoms with Gasteiger partial charge in [-0.2, -0.15) is 0 Å². The lowest BCUT2D eigenvalue weighted by Crippen LogP contribution is -2.47. The van der Waals surface area contributed by atoms with Gasteiger partial charge in [0.1, 0.15) is 0 Å². The van der Waals surface area contributed by atoms with Crippen molar-refractivity contribution in [2.75, 3.05) is 13.2 Å². The maximum Gasteiger partial charge on any atom is 0.335 e. The van der Waals surface area contributed by atoms with Crippen molar-refractivity contribution < 1.29 is 24.2 Å². The highest BCUT2D eigenvalue weighted by Gasteiger charge is 2.40. The normalized spacial score (nSPS) is 20.0. The molecule has 0 radical (unpaired) electrons. The molecule has 1 aromatic rings. The van der Waals surface area contributed by atoms with Gasteiger partial charge in [-0.3, -0.25) is 0 Å². The second-order valence-corrected chi connectivity index (χ2v) is 6.21. The average molecular weight is 334 g/mol. The average Bonchev–Trinajstić information content (AvgIpc) is 3.04. The molecule has 0 aromatic heterocycles. The topological polar surface area (TPSA) is 96.9 Å². The van der Waals surface area contributed by atoms with Crippen molar-refractivity contribution in [1.82, 2.24) is 10.6 Å². The summed E-state index contributed by atoms with van der Waals surface area (Å²) < 4.78 is 11.3. The molecule has 0 bridgehead atoms. The monoisotopic (exact) mass is 334 g/mol. The van der Waals surface area contributed by atoms with Crippen molar-refractivity contribution in [1.29, 1.82) is 0 Å². The summed E-state index contributed by atoms with van der Waals surface area (Å²) in [5.41, 5.74) is 1.08. The number of aromatic carboxylic acids is 1. The van der Waals surface area contributed by atoms with Gasteiger partial charge in [-0.05, 0) is 30.5 Å².